The molecule has 0 saturated heterocycles. The first-order valence-corrected chi connectivity index (χ1v) is 33.0. The molecule has 8 nitrogen and oxygen atoms in total. The van der Waals surface area contributed by atoms with Crippen molar-refractivity contribution in [1.82, 2.24) is 5.32 Å². The Kier molecular flexibility index (Phi) is 53.5. The topological polar surface area (TPSA) is 108 Å². The van der Waals surface area contributed by atoms with Gasteiger partial charge in [-0.25, -0.2) is 0 Å². The third-order valence-electron chi connectivity index (χ3n) is 14.7. The Bertz CT molecular complexity index is 1160. The number of phosphoric acid groups is 1. The number of rotatable bonds is 59. The minimum atomic E-state index is -4.59. The Balaban J connectivity index is 4.10. The van der Waals surface area contributed by atoms with Crippen molar-refractivity contribution in [2.45, 2.75) is 341 Å². The zero-order valence-corrected chi connectivity index (χ0v) is 49.4. The number of carbonyl (C=O) groups is 1. The molecule has 424 valence electrons. The summed E-state index contributed by atoms with van der Waals surface area (Å²) >= 11 is 0. The number of unbranched alkanes of at least 4 members (excludes halogenated alkanes) is 46. The predicted octanol–water partition coefficient (Wildman–Crippen LogP) is 18.8. The zero-order valence-electron chi connectivity index (χ0n) is 48.5. The van der Waals surface area contributed by atoms with Gasteiger partial charge in [-0.2, -0.15) is 0 Å². The van der Waals surface area contributed by atoms with Crippen LogP contribution in [0.15, 0.2) is 12.2 Å². The van der Waals surface area contributed by atoms with Gasteiger partial charge < -0.3 is 28.8 Å². The highest BCUT2D eigenvalue weighted by Crippen LogP contribution is 2.38. The minimum absolute atomic E-state index is 0.00284. The van der Waals surface area contributed by atoms with Crippen molar-refractivity contribution >= 4 is 13.7 Å². The van der Waals surface area contributed by atoms with Crippen LogP contribution in [-0.4, -0.2) is 68.5 Å². The Morgan fingerprint density at radius 2 is 0.761 bits per heavy atom. The van der Waals surface area contributed by atoms with E-state index in [-0.39, 0.29) is 19.1 Å². The maximum absolute atomic E-state index is 13.0. The summed E-state index contributed by atoms with van der Waals surface area (Å²) in [5, 5.41) is 13.9. The molecule has 0 saturated carbocycles. The van der Waals surface area contributed by atoms with Crippen molar-refractivity contribution in [2.75, 3.05) is 40.9 Å². The van der Waals surface area contributed by atoms with Gasteiger partial charge in [-0.1, -0.05) is 315 Å². The van der Waals surface area contributed by atoms with Crippen LogP contribution in [0.3, 0.4) is 0 Å². The number of nitrogens with one attached hydrogen (secondary N) is 1. The summed E-state index contributed by atoms with van der Waals surface area (Å²) in [6, 6.07) is -0.883. The Morgan fingerprint density at radius 3 is 1.06 bits per heavy atom. The minimum Gasteiger partial charge on any atom is -0.756 e. The molecular formula is C62H125N2O6P. The summed E-state index contributed by atoms with van der Waals surface area (Å²) in [6.07, 6.45) is 67.3. The fraction of sp³-hybridized carbons (Fsp3) is 0.952. The highest BCUT2D eigenvalue weighted by molar-refractivity contribution is 7.45. The van der Waals surface area contributed by atoms with E-state index in [0.29, 0.717) is 17.4 Å². The van der Waals surface area contributed by atoms with Crippen LogP contribution in [0.5, 0.6) is 0 Å². The summed E-state index contributed by atoms with van der Waals surface area (Å²) in [4.78, 5) is 25.5. The average Bonchev–Trinajstić information content (AvgIpc) is 3.33. The molecule has 3 unspecified atom stereocenters. The second-order valence-electron chi connectivity index (χ2n) is 23.1. The normalized spacial score (nSPS) is 13.8. The van der Waals surface area contributed by atoms with E-state index in [1.807, 2.05) is 27.2 Å². The van der Waals surface area contributed by atoms with Crippen molar-refractivity contribution in [3.05, 3.63) is 12.2 Å². The van der Waals surface area contributed by atoms with E-state index in [0.717, 1.165) is 38.5 Å². The number of allylic oxidation sites excluding steroid dienone is 1. The van der Waals surface area contributed by atoms with Gasteiger partial charge in [0.15, 0.2) is 0 Å². The average molecular weight is 1030 g/mol. The monoisotopic (exact) mass is 1020 g/mol. The molecular weight excluding hydrogens is 900 g/mol. The van der Waals surface area contributed by atoms with Gasteiger partial charge >= 0.3 is 0 Å². The van der Waals surface area contributed by atoms with Gasteiger partial charge in [-0.15, -0.1) is 0 Å². The Morgan fingerprint density at radius 1 is 0.479 bits per heavy atom. The molecule has 0 rings (SSSR count). The maximum Gasteiger partial charge on any atom is 0.268 e. The first-order chi connectivity index (χ1) is 34.5. The van der Waals surface area contributed by atoms with E-state index in [1.165, 1.54) is 270 Å². The van der Waals surface area contributed by atoms with E-state index in [9.17, 15) is 19.4 Å². The number of aliphatic hydroxyl groups is 1. The van der Waals surface area contributed by atoms with Gasteiger partial charge in [0.05, 0.1) is 39.9 Å². The summed E-state index contributed by atoms with van der Waals surface area (Å²) in [5.74, 6) is -0.189. The van der Waals surface area contributed by atoms with Gasteiger partial charge in [-0.3, -0.25) is 9.36 Å². The van der Waals surface area contributed by atoms with E-state index in [2.05, 4.69) is 19.2 Å². The van der Waals surface area contributed by atoms with Gasteiger partial charge in [0.1, 0.15) is 13.2 Å². The smallest absolute Gasteiger partial charge is 0.268 e. The number of amides is 1. The van der Waals surface area contributed by atoms with Gasteiger partial charge in [-0.05, 0) is 19.3 Å². The highest BCUT2D eigenvalue weighted by Gasteiger charge is 2.23. The SMILES string of the molecule is CCCCCCCCCCCCCCCCCCCCCCCCCCCC/C=C/C(O)C(COP(=O)([O-])OCC[N+](C)(C)C)NC(=O)CCCCCCCCCCCCCCCCCCCCCCC. The third-order valence-corrected chi connectivity index (χ3v) is 15.7. The zero-order chi connectivity index (χ0) is 52.0. The molecule has 0 aliphatic heterocycles. The van der Waals surface area contributed by atoms with Crippen molar-refractivity contribution in [3.8, 4) is 0 Å². The number of hydrogen-bond donors (Lipinski definition) is 2. The lowest BCUT2D eigenvalue weighted by Gasteiger charge is -2.29. The number of aliphatic hydroxyl groups excluding tert-OH is 1. The van der Waals surface area contributed by atoms with Crippen LogP contribution in [0, 0.1) is 0 Å². The number of quaternary nitrogens is 1. The molecule has 9 heteroatoms. The highest BCUT2D eigenvalue weighted by atomic mass is 31.2. The molecule has 0 aromatic heterocycles. The van der Waals surface area contributed by atoms with E-state index < -0.39 is 20.0 Å². The van der Waals surface area contributed by atoms with Crippen LogP contribution in [0.4, 0.5) is 0 Å². The van der Waals surface area contributed by atoms with E-state index in [4.69, 9.17) is 9.05 Å². The number of hydrogen-bond acceptors (Lipinski definition) is 6. The first-order valence-electron chi connectivity index (χ1n) is 31.6. The summed E-state index contributed by atoms with van der Waals surface area (Å²) in [7, 11) is 1.28. The first kappa shape index (κ1) is 70.2. The molecule has 0 radical (unpaired) electrons. The molecule has 0 aliphatic rings. The molecule has 3 atom stereocenters. The number of carbonyl (C=O) groups excluding carboxylic acids is 1. The van der Waals surface area contributed by atoms with Crippen LogP contribution >= 0.6 is 7.82 Å². The van der Waals surface area contributed by atoms with Crippen molar-refractivity contribution < 1.29 is 32.9 Å². The Hall–Kier alpha value is -0.760. The molecule has 1 amide bonds. The number of nitrogens with zero attached hydrogens (tertiary/aromatic N) is 1. The lowest BCUT2D eigenvalue weighted by atomic mass is 10.0. The summed E-state index contributed by atoms with van der Waals surface area (Å²) < 4.78 is 23.4. The summed E-state index contributed by atoms with van der Waals surface area (Å²) in [6.45, 7) is 4.71. The molecule has 0 aliphatic carbocycles. The fourth-order valence-corrected chi connectivity index (χ4v) is 10.5. The standard InChI is InChI=1S/C62H125N2O6P/c1-6-8-10-12-14-16-18-20-22-24-26-28-29-30-31-32-33-34-36-37-39-41-43-45-47-49-51-53-55-61(65)60(59-70-71(67,68)69-58-57-64(3,4)5)63-62(66)56-54-52-50-48-46-44-42-40-38-35-27-25-23-21-19-17-15-13-11-9-7-2/h53,55,60-61,65H,6-52,54,56-59H2,1-5H3,(H-,63,66,67,68)/b55-53+. The second kappa shape index (κ2) is 54.0. The molecule has 0 fully saturated rings. The lowest BCUT2D eigenvalue weighted by molar-refractivity contribution is -0.870. The molecule has 0 spiro atoms. The van der Waals surface area contributed by atoms with E-state index in [1.54, 1.807) is 6.08 Å². The van der Waals surface area contributed by atoms with Gasteiger partial charge in [0, 0.05) is 6.42 Å². The Labute approximate surface area is 443 Å². The molecule has 0 aromatic rings. The maximum atomic E-state index is 13.0. The molecule has 0 bridgehead atoms. The van der Waals surface area contributed by atoms with Gasteiger partial charge in [0.25, 0.3) is 7.82 Å². The number of likely N-dealkylation sites (N-methyl/N-ethyl adjacent to an activating group) is 1. The lowest BCUT2D eigenvalue weighted by Crippen LogP contribution is -2.45. The van der Waals surface area contributed by atoms with Crippen molar-refractivity contribution in [2.24, 2.45) is 0 Å². The molecule has 0 heterocycles. The quantitative estimate of drug-likeness (QED) is 0.0272. The number of phosphoric ester groups is 1. The van der Waals surface area contributed by atoms with Crippen LogP contribution in [-0.2, 0) is 18.4 Å². The molecule has 0 aromatic carbocycles. The summed E-state index contributed by atoms with van der Waals surface area (Å²) in [5.41, 5.74) is 0. The van der Waals surface area contributed by atoms with Crippen LogP contribution in [0.2, 0.25) is 0 Å². The van der Waals surface area contributed by atoms with Crippen LogP contribution in [0.25, 0.3) is 0 Å². The second-order valence-corrected chi connectivity index (χ2v) is 24.5. The van der Waals surface area contributed by atoms with Crippen molar-refractivity contribution in [3.63, 3.8) is 0 Å². The van der Waals surface area contributed by atoms with Crippen LogP contribution in [0.1, 0.15) is 328 Å². The predicted molar refractivity (Wildman–Crippen MR) is 307 cm³/mol. The molecule has 2 N–H and O–H groups in total. The van der Waals surface area contributed by atoms with E-state index >= 15 is 0 Å². The fourth-order valence-electron chi connectivity index (χ4n) is 9.81. The molecule has 71 heavy (non-hydrogen) atoms. The largest absolute Gasteiger partial charge is 0.756 e. The van der Waals surface area contributed by atoms with Crippen LogP contribution < -0.4 is 10.2 Å². The van der Waals surface area contributed by atoms with Gasteiger partial charge in [0.2, 0.25) is 5.91 Å². The van der Waals surface area contributed by atoms with Crippen molar-refractivity contribution in [1.29, 1.82) is 0 Å². The third kappa shape index (κ3) is 56.8.